The van der Waals surface area contributed by atoms with Gasteiger partial charge < -0.3 is 5.32 Å². The van der Waals surface area contributed by atoms with Gasteiger partial charge in [-0.15, -0.1) is 0 Å². The van der Waals surface area contributed by atoms with E-state index in [0.29, 0.717) is 6.54 Å². The third-order valence-corrected chi connectivity index (χ3v) is 3.31. The maximum Gasteiger partial charge on any atom is 0.423 e. The van der Waals surface area contributed by atoms with Crippen LogP contribution in [0.25, 0.3) is 0 Å². The Morgan fingerprint density at radius 3 is 2.60 bits per heavy atom. The second-order valence-electron chi connectivity index (χ2n) is 5.00. The van der Waals surface area contributed by atoms with E-state index in [1.165, 1.54) is 18.9 Å². The van der Waals surface area contributed by atoms with Crippen molar-refractivity contribution in [2.24, 2.45) is 5.92 Å². The molecule has 0 bridgehead atoms. The van der Waals surface area contributed by atoms with Gasteiger partial charge in [0.25, 0.3) is 5.69 Å². The molecule has 0 unspecified atom stereocenters. The number of hydrogen-bond donors (Lipinski definition) is 1. The van der Waals surface area contributed by atoms with E-state index in [-0.39, 0.29) is 5.69 Å². The van der Waals surface area contributed by atoms with Crippen LogP contribution in [-0.2, 0) is 6.18 Å². The minimum atomic E-state index is -4.73. The highest BCUT2D eigenvalue weighted by atomic mass is 19.4. The van der Waals surface area contributed by atoms with Crippen molar-refractivity contribution in [3.05, 3.63) is 33.9 Å². The summed E-state index contributed by atoms with van der Waals surface area (Å²) in [7, 11) is 0. The van der Waals surface area contributed by atoms with Gasteiger partial charge in [0.15, 0.2) is 0 Å². The molecular formula is C13H15F3N2O2. The molecule has 4 nitrogen and oxygen atoms in total. The molecule has 1 saturated carbocycles. The van der Waals surface area contributed by atoms with Crippen molar-refractivity contribution in [2.45, 2.75) is 31.9 Å². The van der Waals surface area contributed by atoms with Gasteiger partial charge in [0.1, 0.15) is 5.56 Å². The first-order valence-corrected chi connectivity index (χ1v) is 6.47. The monoisotopic (exact) mass is 288 g/mol. The van der Waals surface area contributed by atoms with E-state index in [0.717, 1.165) is 30.9 Å². The highest BCUT2D eigenvalue weighted by Gasteiger charge is 2.38. The van der Waals surface area contributed by atoms with Crippen molar-refractivity contribution in [3.63, 3.8) is 0 Å². The zero-order valence-electron chi connectivity index (χ0n) is 10.7. The molecule has 7 heteroatoms. The molecule has 0 atom stereocenters. The topological polar surface area (TPSA) is 55.2 Å². The standard InChI is InChI=1S/C13H15F3N2O2/c14-13(15,16)11-8-10(5-6-12(11)18(19)20)17-7-1-2-9-3-4-9/h5-6,8-9,17H,1-4,7H2. The lowest BCUT2D eigenvalue weighted by Crippen LogP contribution is -2.10. The van der Waals surface area contributed by atoms with Crippen LogP contribution < -0.4 is 5.32 Å². The van der Waals surface area contributed by atoms with Gasteiger partial charge in [-0.3, -0.25) is 10.1 Å². The number of nitro groups is 1. The predicted octanol–water partition coefficient (Wildman–Crippen LogP) is 4.22. The molecule has 1 aliphatic rings. The van der Waals surface area contributed by atoms with Gasteiger partial charge in [-0.2, -0.15) is 13.2 Å². The minimum Gasteiger partial charge on any atom is -0.385 e. The fraction of sp³-hybridized carbons (Fsp3) is 0.538. The zero-order chi connectivity index (χ0) is 14.8. The molecule has 1 fully saturated rings. The molecule has 0 amide bonds. The number of alkyl halides is 3. The van der Waals surface area contributed by atoms with Crippen LogP contribution in [0.5, 0.6) is 0 Å². The molecule has 0 saturated heterocycles. The number of halogens is 3. The maximum atomic E-state index is 12.8. The predicted molar refractivity (Wildman–Crippen MR) is 68.5 cm³/mol. The average molecular weight is 288 g/mol. The highest BCUT2D eigenvalue weighted by Crippen LogP contribution is 2.37. The first-order valence-electron chi connectivity index (χ1n) is 6.47. The summed E-state index contributed by atoms with van der Waals surface area (Å²) >= 11 is 0. The molecule has 0 aromatic heterocycles. The lowest BCUT2D eigenvalue weighted by Gasteiger charge is -2.11. The smallest absolute Gasteiger partial charge is 0.385 e. The average Bonchev–Trinajstić information content (AvgIpc) is 3.17. The van der Waals surface area contributed by atoms with E-state index >= 15 is 0 Å². The summed E-state index contributed by atoms with van der Waals surface area (Å²) in [4.78, 5) is 9.59. The van der Waals surface area contributed by atoms with E-state index in [4.69, 9.17) is 0 Å². The number of benzene rings is 1. The summed E-state index contributed by atoms with van der Waals surface area (Å²) in [5.41, 5.74) is -1.87. The van der Waals surface area contributed by atoms with Crippen LogP contribution in [0.3, 0.4) is 0 Å². The molecule has 1 aromatic carbocycles. The van der Waals surface area contributed by atoms with Crippen molar-refractivity contribution in [3.8, 4) is 0 Å². The first-order chi connectivity index (χ1) is 9.38. The number of rotatable bonds is 6. The van der Waals surface area contributed by atoms with Crippen LogP contribution in [0, 0.1) is 16.0 Å². The van der Waals surface area contributed by atoms with E-state index in [2.05, 4.69) is 5.32 Å². The Kier molecular flexibility index (Phi) is 4.15. The van der Waals surface area contributed by atoms with Crippen LogP contribution in [0.15, 0.2) is 18.2 Å². The molecule has 0 spiro atoms. The Morgan fingerprint density at radius 1 is 1.35 bits per heavy atom. The summed E-state index contributed by atoms with van der Waals surface area (Å²) in [6.07, 6.45) is -0.269. The summed E-state index contributed by atoms with van der Waals surface area (Å²) in [5.74, 6) is 0.777. The zero-order valence-corrected chi connectivity index (χ0v) is 10.7. The van der Waals surface area contributed by atoms with E-state index < -0.39 is 22.4 Å². The number of nitrogens with zero attached hydrogens (tertiary/aromatic N) is 1. The fourth-order valence-electron chi connectivity index (χ4n) is 2.06. The third kappa shape index (κ3) is 3.85. The fourth-order valence-corrected chi connectivity index (χ4v) is 2.06. The van der Waals surface area contributed by atoms with Crippen molar-refractivity contribution < 1.29 is 18.1 Å². The Labute approximate surface area is 114 Å². The van der Waals surface area contributed by atoms with Gasteiger partial charge in [0.05, 0.1) is 4.92 Å². The summed E-state index contributed by atoms with van der Waals surface area (Å²) < 4.78 is 38.3. The molecule has 0 aliphatic heterocycles. The normalized spacial score (nSPS) is 15.2. The highest BCUT2D eigenvalue weighted by molar-refractivity contribution is 5.55. The maximum absolute atomic E-state index is 12.8. The van der Waals surface area contributed by atoms with Crippen molar-refractivity contribution in [1.29, 1.82) is 0 Å². The second kappa shape index (κ2) is 5.68. The van der Waals surface area contributed by atoms with Gasteiger partial charge >= 0.3 is 6.18 Å². The van der Waals surface area contributed by atoms with Crippen LogP contribution in [-0.4, -0.2) is 11.5 Å². The summed E-state index contributed by atoms with van der Waals surface area (Å²) in [5, 5.41) is 13.5. The quantitative estimate of drug-likeness (QED) is 0.484. The SMILES string of the molecule is O=[N+]([O-])c1ccc(NCCCC2CC2)cc1C(F)(F)F. The molecule has 1 aliphatic carbocycles. The lowest BCUT2D eigenvalue weighted by molar-refractivity contribution is -0.388. The number of hydrogen-bond acceptors (Lipinski definition) is 3. The summed E-state index contributed by atoms with van der Waals surface area (Å²) in [6.45, 7) is 0.575. The molecular weight excluding hydrogens is 273 g/mol. The van der Waals surface area contributed by atoms with Gasteiger partial charge in [-0.05, 0) is 30.9 Å². The van der Waals surface area contributed by atoms with Crippen LogP contribution >= 0.6 is 0 Å². The van der Waals surface area contributed by atoms with Crippen LogP contribution in [0.1, 0.15) is 31.2 Å². The van der Waals surface area contributed by atoms with E-state index in [1.807, 2.05) is 0 Å². The Hall–Kier alpha value is -1.79. The second-order valence-corrected chi connectivity index (χ2v) is 5.00. The minimum absolute atomic E-state index is 0.263. The first kappa shape index (κ1) is 14.6. The Balaban J connectivity index is 2.03. The van der Waals surface area contributed by atoms with E-state index in [9.17, 15) is 23.3 Å². The third-order valence-electron chi connectivity index (χ3n) is 3.31. The largest absolute Gasteiger partial charge is 0.423 e. The molecule has 1 aromatic rings. The molecule has 0 radical (unpaired) electrons. The number of anilines is 1. The van der Waals surface area contributed by atoms with Crippen molar-refractivity contribution >= 4 is 11.4 Å². The Bertz CT molecular complexity index is 499. The molecule has 1 N–H and O–H groups in total. The van der Waals surface area contributed by atoms with Crippen LogP contribution in [0.4, 0.5) is 24.5 Å². The van der Waals surface area contributed by atoms with Gasteiger partial charge in [0, 0.05) is 18.3 Å². The lowest BCUT2D eigenvalue weighted by atomic mass is 10.1. The van der Waals surface area contributed by atoms with Crippen LogP contribution in [0.2, 0.25) is 0 Å². The molecule has 2 rings (SSSR count). The van der Waals surface area contributed by atoms with Crippen molar-refractivity contribution in [1.82, 2.24) is 0 Å². The molecule has 110 valence electrons. The molecule has 20 heavy (non-hydrogen) atoms. The number of nitrogens with one attached hydrogen (secondary N) is 1. The Morgan fingerprint density at radius 2 is 2.05 bits per heavy atom. The summed E-state index contributed by atoms with van der Waals surface area (Å²) in [6, 6.07) is 3.01. The van der Waals surface area contributed by atoms with Gasteiger partial charge in [-0.1, -0.05) is 12.8 Å². The molecule has 0 heterocycles. The van der Waals surface area contributed by atoms with Gasteiger partial charge in [-0.25, -0.2) is 0 Å². The number of nitro benzene ring substituents is 1. The van der Waals surface area contributed by atoms with Crippen molar-refractivity contribution in [2.75, 3.05) is 11.9 Å². The van der Waals surface area contributed by atoms with Gasteiger partial charge in [0.2, 0.25) is 0 Å². The van der Waals surface area contributed by atoms with E-state index in [1.54, 1.807) is 0 Å².